The third kappa shape index (κ3) is 4.87. The van der Waals surface area contributed by atoms with Crippen molar-refractivity contribution in [3.05, 3.63) is 58.9 Å². The second-order valence-electron chi connectivity index (χ2n) is 4.46. The van der Waals surface area contributed by atoms with Gasteiger partial charge in [0.2, 0.25) is 5.91 Å². The summed E-state index contributed by atoms with van der Waals surface area (Å²) in [4.78, 5) is 12.0. The van der Waals surface area contributed by atoms with Crippen molar-refractivity contribution in [3.63, 3.8) is 0 Å². The molecular formula is C15H10ClF4NOS. The van der Waals surface area contributed by atoms with Gasteiger partial charge in [0.05, 0.1) is 22.0 Å². The van der Waals surface area contributed by atoms with E-state index in [1.165, 1.54) is 24.3 Å². The third-order valence-corrected chi connectivity index (χ3v) is 4.08. The van der Waals surface area contributed by atoms with Crippen molar-refractivity contribution in [1.29, 1.82) is 0 Å². The van der Waals surface area contributed by atoms with E-state index in [0.29, 0.717) is 0 Å². The Morgan fingerprint density at radius 2 is 1.87 bits per heavy atom. The van der Waals surface area contributed by atoms with Gasteiger partial charge in [0.1, 0.15) is 5.82 Å². The molecule has 1 N–H and O–H groups in total. The van der Waals surface area contributed by atoms with Gasteiger partial charge in [-0.15, -0.1) is 11.8 Å². The van der Waals surface area contributed by atoms with E-state index in [9.17, 15) is 22.4 Å². The van der Waals surface area contributed by atoms with Crippen molar-refractivity contribution >= 4 is 35.0 Å². The summed E-state index contributed by atoms with van der Waals surface area (Å²) >= 11 is 6.42. The average Bonchev–Trinajstić information content (AvgIpc) is 2.47. The van der Waals surface area contributed by atoms with E-state index >= 15 is 0 Å². The number of carbonyl (C=O) groups is 1. The molecule has 0 heterocycles. The van der Waals surface area contributed by atoms with Gasteiger partial charge >= 0.3 is 6.18 Å². The lowest BCUT2D eigenvalue weighted by atomic mass is 10.2. The fraction of sp³-hybridized carbons (Fsp3) is 0.133. The van der Waals surface area contributed by atoms with Gasteiger partial charge in [-0.05, 0) is 30.3 Å². The minimum Gasteiger partial charge on any atom is -0.323 e. The molecule has 0 saturated heterocycles. The quantitative estimate of drug-likeness (QED) is 0.595. The largest absolute Gasteiger partial charge is 0.417 e. The van der Waals surface area contributed by atoms with E-state index in [2.05, 4.69) is 5.32 Å². The summed E-state index contributed by atoms with van der Waals surface area (Å²) in [6.45, 7) is 0. The fourth-order valence-electron chi connectivity index (χ4n) is 1.71. The summed E-state index contributed by atoms with van der Waals surface area (Å²) < 4.78 is 51.6. The van der Waals surface area contributed by atoms with Gasteiger partial charge in [0.15, 0.2) is 0 Å². The van der Waals surface area contributed by atoms with E-state index in [-0.39, 0.29) is 16.3 Å². The summed E-state index contributed by atoms with van der Waals surface area (Å²) in [5.74, 6) is -1.27. The number of hydrogen-bond acceptors (Lipinski definition) is 2. The van der Waals surface area contributed by atoms with Gasteiger partial charge in [-0.25, -0.2) is 4.39 Å². The van der Waals surface area contributed by atoms with E-state index in [0.717, 1.165) is 23.9 Å². The van der Waals surface area contributed by atoms with Crippen LogP contribution < -0.4 is 5.32 Å². The second kappa shape index (κ2) is 7.23. The van der Waals surface area contributed by atoms with Crippen LogP contribution in [0.15, 0.2) is 47.4 Å². The number of rotatable bonds is 4. The van der Waals surface area contributed by atoms with Gasteiger partial charge in [0.25, 0.3) is 0 Å². The molecule has 2 aromatic carbocycles. The average molecular weight is 364 g/mol. The molecule has 0 bridgehead atoms. The van der Waals surface area contributed by atoms with Crippen LogP contribution >= 0.6 is 23.4 Å². The molecule has 0 saturated carbocycles. The number of alkyl halides is 3. The number of nitrogens with one attached hydrogen (secondary N) is 1. The van der Waals surface area contributed by atoms with Crippen molar-refractivity contribution in [2.24, 2.45) is 0 Å². The van der Waals surface area contributed by atoms with E-state index in [4.69, 9.17) is 11.6 Å². The fourth-order valence-corrected chi connectivity index (χ4v) is 2.67. The molecule has 1 amide bonds. The molecule has 2 aromatic rings. The highest BCUT2D eigenvalue weighted by Crippen LogP contribution is 2.37. The zero-order valence-electron chi connectivity index (χ0n) is 11.5. The number of halogens is 5. The first-order valence-corrected chi connectivity index (χ1v) is 7.67. The van der Waals surface area contributed by atoms with Gasteiger partial charge in [-0.1, -0.05) is 23.7 Å². The first kappa shape index (κ1) is 17.6. The minimum absolute atomic E-state index is 0.0187. The molecule has 122 valence electrons. The molecule has 8 heteroatoms. The Hall–Kier alpha value is -1.73. The predicted octanol–water partition coefficient (Wildman–Crippen LogP) is 5.23. The van der Waals surface area contributed by atoms with Crippen LogP contribution in [0.25, 0.3) is 0 Å². The highest BCUT2D eigenvalue weighted by atomic mass is 35.5. The molecule has 0 unspecified atom stereocenters. The normalized spacial score (nSPS) is 11.3. The predicted molar refractivity (Wildman–Crippen MR) is 82.2 cm³/mol. The van der Waals surface area contributed by atoms with Gasteiger partial charge in [0, 0.05) is 4.90 Å². The molecule has 0 radical (unpaired) electrons. The van der Waals surface area contributed by atoms with Crippen LogP contribution in [0, 0.1) is 5.82 Å². The van der Waals surface area contributed by atoms with Crippen molar-refractivity contribution in [2.75, 3.05) is 11.1 Å². The molecule has 0 aliphatic rings. The van der Waals surface area contributed by atoms with Crippen molar-refractivity contribution in [2.45, 2.75) is 11.1 Å². The van der Waals surface area contributed by atoms with Crippen LogP contribution in [0.3, 0.4) is 0 Å². The molecular weight excluding hydrogens is 354 g/mol. The number of anilines is 1. The highest BCUT2D eigenvalue weighted by Gasteiger charge is 2.33. The maximum absolute atomic E-state index is 13.4. The summed E-state index contributed by atoms with van der Waals surface area (Å²) in [6.07, 6.45) is -4.57. The molecule has 0 aliphatic carbocycles. The van der Waals surface area contributed by atoms with Gasteiger partial charge in [-0.2, -0.15) is 13.2 Å². The van der Waals surface area contributed by atoms with Crippen molar-refractivity contribution in [3.8, 4) is 0 Å². The number of amides is 1. The number of para-hydroxylation sites is 1. The highest BCUT2D eigenvalue weighted by molar-refractivity contribution is 8.00. The lowest BCUT2D eigenvalue weighted by Crippen LogP contribution is -2.15. The Kier molecular flexibility index (Phi) is 5.54. The molecule has 0 spiro atoms. The summed E-state index contributed by atoms with van der Waals surface area (Å²) in [5, 5.41) is 1.95. The maximum atomic E-state index is 13.4. The van der Waals surface area contributed by atoms with Crippen molar-refractivity contribution < 1.29 is 22.4 Å². The van der Waals surface area contributed by atoms with E-state index in [1.807, 2.05) is 0 Å². The smallest absolute Gasteiger partial charge is 0.323 e. The van der Waals surface area contributed by atoms with Crippen LogP contribution in [-0.2, 0) is 11.0 Å². The Bertz CT molecular complexity index is 721. The van der Waals surface area contributed by atoms with Crippen molar-refractivity contribution in [1.82, 2.24) is 0 Å². The number of hydrogen-bond donors (Lipinski definition) is 1. The van der Waals surface area contributed by atoms with Crippen LogP contribution in [0.4, 0.5) is 23.2 Å². The molecule has 0 atom stereocenters. The van der Waals surface area contributed by atoms with Crippen LogP contribution in [0.2, 0.25) is 5.02 Å². The van der Waals surface area contributed by atoms with Crippen LogP contribution in [-0.4, -0.2) is 11.7 Å². The Morgan fingerprint density at radius 1 is 1.17 bits per heavy atom. The first-order valence-electron chi connectivity index (χ1n) is 6.31. The van der Waals surface area contributed by atoms with Crippen LogP contribution in [0.5, 0.6) is 0 Å². The van der Waals surface area contributed by atoms with Gasteiger partial charge < -0.3 is 5.32 Å². The Labute approximate surface area is 138 Å². The molecule has 23 heavy (non-hydrogen) atoms. The summed E-state index contributed by atoms with van der Waals surface area (Å²) in [5.41, 5.74) is -0.941. The first-order chi connectivity index (χ1) is 10.8. The molecule has 2 nitrogen and oxygen atoms in total. The standard InChI is InChI=1S/C15H10ClF4NOS/c16-11-6-5-9(7-10(11)15(18,19)20)23-8-14(22)21-13-4-2-1-3-12(13)17/h1-7H,8H2,(H,21,22). The Morgan fingerprint density at radius 3 is 2.52 bits per heavy atom. The SMILES string of the molecule is O=C(CSc1ccc(Cl)c(C(F)(F)F)c1)Nc1ccccc1F. The zero-order valence-corrected chi connectivity index (χ0v) is 13.0. The lowest BCUT2D eigenvalue weighted by Gasteiger charge is -2.11. The maximum Gasteiger partial charge on any atom is 0.417 e. The minimum atomic E-state index is -4.57. The van der Waals surface area contributed by atoms with Crippen LogP contribution in [0.1, 0.15) is 5.56 Å². The second-order valence-corrected chi connectivity index (χ2v) is 5.91. The van der Waals surface area contributed by atoms with Gasteiger partial charge in [-0.3, -0.25) is 4.79 Å². The topological polar surface area (TPSA) is 29.1 Å². The van der Waals surface area contributed by atoms with E-state index in [1.54, 1.807) is 6.07 Å². The zero-order chi connectivity index (χ0) is 17.0. The molecule has 0 aromatic heterocycles. The monoisotopic (exact) mass is 363 g/mol. The number of thioether (sulfide) groups is 1. The third-order valence-electron chi connectivity index (χ3n) is 2.76. The van der Waals surface area contributed by atoms with E-state index < -0.39 is 28.5 Å². The Balaban J connectivity index is 2.01. The number of benzene rings is 2. The summed E-state index contributed by atoms with van der Waals surface area (Å²) in [6, 6.07) is 9.01. The molecule has 0 fully saturated rings. The number of carbonyl (C=O) groups excluding carboxylic acids is 1. The lowest BCUT2D eigenvalue weighted by molar-refractivity contribution is -0.137. The molecule has 2 rings (SSSR count). The molecule has 0 aliphatic heterocycles. The summed E-state index contributed by atoms with van der Waals surface area (Å²) in [7, 11) is 0.